The average Bonchev–Trinajstić information content (AvgIpc) is 2.80. The van der Waals surface area contributed by atoms with Gasteiger partial charge < -0.3 is 0 Å². The van der Waals surface area contributed by atoms with E-state index in [1.165, 1.54) is 11.1 Å². The van der Waals surface area contributed by atoms with Crippen LogP contribution in [0, 0.1) is 11.8 Å². The molecule has 1 nitrogen and oxygen atoms in total. The summed E-state index contributed by atoms with van der Waals surface area (Å²) in [5.74, 6) is 6.35. The molecule has 0 unspecified atom stereocenters. The molecule has 2 aliphatic rings. The Bertz CT molecular complexity index is 686. The number of hydrogen-bond donors (Lipinski definition) is 0. The van der Waals surface area contributed by atoms with Crippen LogP contribution >= 0.6 is 0 Å². The fourth-order valence-electron chi connectivity index (χ4n) is 2.02. The maximum Gasteiger partial charge on any atom is 0.117 e. The number of hydrogen-bond acceptors (Lipinski definition) is 1. The minimum Gasteiger partial charge on any atom is -0.247 e. The van der Waals surface area contributed by atoms with Gasteiger partial charge in [-0.25, -0.2) is 4.99 Å². The Balaban J connectivity index is 1.94. The Morgan fingerprint density at radius 3 is 2.68 bits per heavy atom. The Morgan fingerprint density at radius 2 is 1.79 bits per heavy atom. The van der Waals surface area contributed by atoms with Gasteiger partial charge in [-0.05, 0) is 35.3 Å². The molecule has 0 fully saturated rings. The van der Waals surface area contributed by atoms with E-state index in [9.17, 15) is 0 Å². The minimum atomic E-state index is 0.857. The first kappa shape index (κ1) is 11.5. The van der Waals surface area contributed by atoms with Crippen LogP contribution in [0.5, 0.6) is 0 Å². The van der Waals surface area contributed by atoms with Crippen molar-refractivity contribution in [3.63, 3.8) is 0 Å². The molecule has 2 bridgehead atoms. The zero-order chi connectivity index (χ0) is 12.9. The SMILES string of the molecule is C(#Cc1ccccc1)C1=NC=CC2=CC=CC=C1C2. The van der Waals surface area contributed by atoms with Gasteiger partial charge in [0, 0.05) is 18.2 Å². The second-order valence-electron chi connectivity index (χ2n) is 4.40. The van der Waals surface area contributed by atoms with Crippen molar-refractivity contribution in [2.45, 2.75) is 6.42 Å². The molecular weight excluding hydrogens is 230 g/mol. The topological polar surface area (TPSA) is 12.4 Å². The van der Waals surface area contributed by atoms with Crippen molar-refractivity contribution >= 4 is 5.71 Å². The average molecular weight is 243 g/mol. The van der Waals surface area contributed by atoms with Crippen LogP contribution in [-0.2, 0) is 0 Å². The number of rotatable bonds is 0. The summed E-state index contributed by atoms with van der Waals surface area (Å²) in [6, 6.07) is 9.99. The predicted octanol–water partition coefficient (Wildman–Crippen LogP) is 3.82. The lowest BCUT2D eigenvalue weighted by Gasteiger charge is -2.01. The number of aliphatic imine (C=N–C) groups is 1. The van der Waals surface area contributed by atoms with Crippen LogP contribution in [0.4, 0.5) is 0 Å². The number of nitrogens with zero attached hydrogens (tertiary/aromatic N) is 1. The Hall–Kier alpha value is -2.59. The highest BCUT2D eigenvalue weighted by Gasteiger charge is 2.09. The fraction of sp³-hybridized carbons (Fsp3) is 0.0556. The standard InChI is InChI=1S/C18H13N/c1-2-6-15(7-3-1)10-11-18-17-9-5-4-8-16(14-17)12-13-19-18/h1-9,12-13H,14H2. The molecule has 1 aromatic carbocycles. The van der Waals surface area contributed by atoms with Crippen molar-refractivity contribution in [2.24, 2.45) is 4.99 Å². The number of allylic oxidation sites excluding steroid dienone is 7. The third-order valence-electron chi connectivity index (χ3n) is 3.01. The van der Waals surface area contributed by atoms with Gasteiger partial charge in [0.25, 0.3) is 0 Å². The van der Waals surface area contributed by atoms with E-state index in [0.717, 1.165) is 17.7 Å². The second kappa shape index (κ2) is 5.37. The molecule has 1 heteroatoms. The minimum absolute atomic E-state index is 0.857. The summed E-state index contributed by atoms with van der Waals surface area (Å²) in [6.07, 6.45) is 13.1. The van der Waals surface area contributed by atoms with E-state index in [1.807, 2.05) is 48.7 Å². The lowest BCUT2D eigenvalue weighted by Crippen LogP contribution is -1.99. The first-order valence-corrected chi connectivity index (χ1v) is 6.30. The number of fused-ring (bicyclic) bond motifs is 2. The molecule has 0 radical (unpaired) electrons. The van der Waals surface area contributed by atoms with Gasteiger partial charge in [0.2, 0.25) is 0 Å². The van der Waals surface area contributed by atoms with Crippen molar-refractivity contribution < 1.29 is 0 Å². The molecule has 90 valence electrons. The Kier molecular flexibility index (Phi) is 3.25. The van der Waals surface area contributed by atoms with Crippen LogP contribution < -0.4 is 0 Å². The van der Waals surface area contributed by atoms with Crippen LogP contribution in [0.2, 0.25) is 0 Å². The highest BCUT2D eigenvalue weighted by molar-refractivity contribution is 6.14. The monoisotopic (exact) mass is 243 g/mol. The summed E-state index contributed by atoms with van der Waals surface area (Å²) >= 11 is 0. The second-order valence-corrected chi connectivity index (χ2v) is 4.40. The molecule has 1 aliphatic carbocycles. The molecule has 0 N–H and O–H groups in total. The summed E-state index contributed by atoms with van der Waals surface area (Å²) in [4.78, 5) is 4.44. The van der Waals surface area contributed by atoms with E-state index in [2.05, 4.69) is 35.1 Å². The van der Waals surface area contributed by atoms with Crippen LogP contribution in [0.15, 0.2) is 83.1 Å². The van der Waals surface area contributed by atoms with E-state index in [4.69, 9.17) is 0 Å². The maximum atomic E-state index is 4.44. The lowest BCUT2D eigenvalue weighted by atomic mass is 10.0. The van der Waals surface area contributed by atoms with E-state index in [1.54, 1.807) is 0 Å². The zero-order valence-electron chi connectivity index (χ0n) is 10.5. The maximum absolute atomic E-state index is 4.44. The van der Waals surface area contributed by atoms with E-state index in [0.29, 0.717) is 0 Å². The molecule has 0 saturated carbocycles. The molecular formula is C18H13N. The third kappa shape index (κ3) is 2.81. The molecule has 0 amide bonds. The summed E-state index contributed by atoms with van der Waals surface area (Å²) in [6.45, 7) is 0. The zero-order valence-corrected chi connectivity index (χ0v) is 10.5. The van der Waals surface area contributed by atoms with E-state index >= 15 is 0 Å². The molecule has 0 spiro atoms. The van der Waals surface area contributed by atoms with Crippen LogP contribution in [0.1, 0.15) is 12.0 Å². The predicted molar refractivity (Wildman–Crippen MR) is 79.8 cm³/mol. The molecule has 19 heavy (non-hydrogen) atoms. The van der Waals surface area contributed by atoms with Gasteiger partial charge in [-0.2, -0.15) is 0 Å². The van der Waals surface area contributed by atoms with Crippen LogP contribution in [-0.4, -0.2) is 5.71 Å². The Morgan fingerprint density at radius 1 is 0.947 bits per heavy atom. The largest absolute Gasteiger partial charge is 0.247 e. The van der Waals surface area contributed by atoms with Gasteiger partial charge in [0.15, 0.2) is 0 Å². The van der Waals surface area contributed by atoms with Gasteiger partial charge in [0.05, 0.1) is 0 Å². The lowest BCUT2D eigenvalue weighted by molar-refractivity contribution is 1.25. The van der Waals surface area contributed by atoms with Crippen molar-refractivity contribution in [3.05, 3.63) is 83.6 Å². The van der Waals surface area contributed by atoms with Gasteiger partial charge >= 0.3 is 0 Å². The Labute approximate surface area is 113 Å². The van der Waals surface area contributed by atoms with Gasteiger partial charge in [0.1, 0.15) is 5.71 Å². The fourth-order valence-corrected chi connectivity index (χ4v) is 2.02. The summed E-state index contributed by atoms with van der Waals surface area (Å²) in [7, 11) is 0. The van der Waals surface area contributed by atoms with Crippen molar-refractivity contribution in [2.75, 3.05) is 0 Å². The van der Waals surface area contributed by atoms with Crippen LogP contribution in [0.3, 0.4) is 0 Å². The molecule has 0 atom stereocenters. The number of benzene rings is 1. The molecule has 3 rings (SSSR count). The molecule has 0 saturated heterocycles. The van der Waals surface area contributed by atoms with Crippen molar-refractivity contribution in [1.82, 2.24) is 0 Å². The highest BCUT2D eigenvalue weighted by Crippen LogP contribution is 2.20. The van der Waals surface area contributed by atoms with Gasteiger partial charge in [-0.15, -0.1) is 0 Å². The summed E-state index contributed by atoms with van der Waals surface area (Å²) < 4.78 is 0. The summed E-state index contributed by atoms with van der Waals surface area (Å²) in [5.41, 5.74) is 4.31. The van der Waals surface area contributed by atoms with Gasteiger partial charge in [-0.1, -0.05) is 48.4 Å². The molecule has 1 heterocycles. The smallest absolute Gasteiger partial charge is 0.117 e. The molecule has 1 aliphatic heterocycles. The van der Waals surface area contributed by atoms with E-state index < -0.39 is 0 Å². The third-order valence-corrected chi connectivity index (χ3v) is 3.01. The van der Waals surface area contributed by atoms with Crippen molar-refractivity contribution in [1.29, 1.82) is 0 Å². The quantitative estimate of drug-likeness (QED) is 0.614. The van der Waals surface area contributed by atoms with Crippen LogP contribution in [0.25, 0.3) is 0 Å². The molecule has 0 aromatic heterocycles. The normalized spacial score (nSPS) is 16.3. The van der Waals surface area contributed by atoms with Gasteiger partial charge in [-0.3, -0.25) is 0 Å². The van der Waals surface area contributed by atoms with Crippen molar-refractivity contribution in [3.8, 4) is 11.8 Å². The summed E-state index contributed by atoms with van der Waals surface area (Å²) in [5, 5.41) is 0. The first-order valence-electron chi connectivity index (χ1n) is 6.30. The molecule has 1 aromatic rings. The highest BCUT2D eigenvalue weighted by atomic mass is 14.7. The van der Waals surface area contributed by atoms with E-state index in [-0.39, 0.29) is 0 Å². The first-order chi connectivity index (χ1) is 9.42.